The van der Waals surface area contributed by atoms with E-state index in [0.717, 1.165) is 4.08 Å². The maximum absolute atomic E-state index is 12.2. The van der Waals surface area contributed by atoms with Crippen LogP contribution in [-0.2, 0) is 30.9 Å². The molecule has 1 aromatic rings. The Morgan fingerprint density at radius 2 is 1.65 bits per heavy atom. The molecule has 5 nitrogen and oxygen atoms in total. The van der Waals surface area contributed by atoms with Gasteiger partial charge in [0.2, 0.25) is 10.0 Å². The van der Waals surface area contributed by atoms with Gasteiger partial charge in [-0.25, -0.2) is 8.42 Å². The second kappa shape index (κ2) is 5.56. The van der Waals surface area contributed by atoms with Gasteiger partial charge >= 0.3 is 0 Å². The van der Waals surface area contributed by atoms with E-state index in [0.29, 0.717) is 0 Å². The van der Waals surface area contributed by atoms with Crippen LogP contribution in [0.2, 0.25) is 0 Å². The zero-order valence-electron chi connectivity index (χ0n) is 9.73. The Morgan fingerprint density at radius 3 is 2.06 bits per heavy atom. The normalized spacial score (nSPS) is 12.9. The fourth-order valence-corrected chi connectivity index (χ4v) is 5.12. The summed E-state index contributed by atoms with van der Waals surface area (Å²) in [5, 5.41) is 0. The summed E-state index contributed by atoms with van der Waals surface area (Å²) < 4.78 is 35.4. The van der Waals surface area contributed by atoms with Crippen molar-refractivity contribution in [3.05, 3.63) is 30.3 Å². The molecule has 8 heteroatoms. The SMILES string of the molecule is COP(=S)(OC)N(C)S(=O)(=O)c1ccccc1. The van der Waals surface area contributed by atoms with Crippen LogP contribution in [0.4, 0.5) is 0 Å². The number of sulfonamides is 1. The summed E-state index contributed by atoms with van der Waals surface area (Å²) >= 11 is 5.09. The Labute approximate surface area is 107 Å². The van der Waals surface area contributed by atoms with E-state index in [1.54, 1.807) is 18.2 Å². The molecular formula is C9H14NO4PS2. The second-order valence-corrected chi connectivity index (χ2v) is 8.98. The van der Waals surface area contributed by atoms with E-state index in [2.05, 4.69) is 0 Å². The molecule has 17 heavy (non-hydrogen) atoms. The van der Waals surface area contributed by atoms with Gasteiger partial charge in [0.05, 0.1) is 4.90 Å². The molecule has 0 saturated heterocycles. The van der Waals surface area contributed by atoms with Gasteiger partial charge in [-0.15, -0.1) is 4.08 Å². The van der Waals surface area contributed by atoms with Gasteiger partial charge in [0.15, 0.2) is 0 Å². The van der Waals surface area contributed by atoms with Crippen LogP contribution in [-0.4, -0.2) is 33.8 Å². The second-order valence-electron chi connectivity index (χ2n) is 3.09. The highest BCUT2D eigenvalue weighted by molar-refractivity contribution is 8.13. The minimum atomic E-state index is -3.69. The molecule has 0 spiro atoms. The van der Waals surface area contributed by atoms with E-state index in [-0.39, 0.29) is 4.90 Å². The largest absolute Gasteiger partial charge is 0.321 e. The van der Waals surface area contributed by atoms with E-state index in [1.807, 2.05) is 0 Å². The standard InChI is InChI=1S/C9H14NO4PS2/c1-10(15(16,13-2)14-3)17(11,12)9-7-5-4-6-8-9/h4-8H,1-3H3. The molecule has 0 unspecified atom stereocenters. The lowest BCUT2D eigenvalue weighted by Crippen LogP contribution is -2.25. The van der Waals surface area contributed by atoms with Gasteiger partial charge in [0.25, 0.3) is 6.64 Å². The van der Waals surface area contributed by atoms with Gasteiger partial charge in [-0.3, -0.25) is 0 Å². The minimum Gasteiger partial charge on any atom is -0.321 e. The predicted molar refractivity (Wildman–Crippen MR) is 69.7 cm³/mol. The van der Waals surface area contributed by atoms with Crippen molar-refractivity contribution in [2.24, 2.45) is 0 Å². The van der Waals surface area contributed by atoms with E-state index in [9.17, 15) is 8.42 Å². The van der Waals surface area contributed by atoms with Crippen LogP contribution >= 0.6 is 6.64 Å². The van der Waals surface area contributed by atoms with Crippen LogP contribution in [0, 0.1) is 0 Å². The molecule has 96 valence electrons. The summed E-state index contributed by atoms with van der Waals surface area (Å²) in [6, 6.07) is 8.02. The van der Waals surface area contributed by atoms with Gasteiger partial charge in [-0.1, -0.05) is 18.2 Å². The first kappa shape index (κ1) is 14.8. The fourth-order valence-electron chi connectivity index (χ4n) is 1.18. The topological polar surface area (TPSA) is 55.8 Å². The average molecular weight is 295 g/mol. The molecule has 1 aromatic carbocycles. The van der Waals surface area contributed by atoms with Crippen molar-refractivity contribution in [3.8, 4) is 0 Å². The number of hydrogen-bond acceptors (Lipinski definition) is 5. The first-order valence-electron chi connectivity index (χ1n) is 4.64. The maximum atomic E-state index is 12.2. The number of hydrogen-bond donors (Lipinski definition) is 0. The Bertz CT molecular complexity index is 509. The van der Waals surface area contributed by atoms with Crippen molar-refractivity contribution < 1.29 is 17.5 Å². The van der Waals surface area contributed by atoms with Gasteiger partial charge < -0.3 is 9.05 Å². The molecule has 0 radical (unpaired) electrons. The minimum absolute atomic E-state index is 0.158. The van der Waals surface area contributed by atoms with E-state index >= 15 is 0 Å². The average Bonchev–Trinajstić information content (AvgIpc) is 2.38. The lowest BCUT2D eigenvalue weighted by Gasteiger charge is -2.27. The lowest BCUT2D eigenvalue weighted by atomic mass is 10.4. The smallest absolute Gasteiger partial charge is 0.277 e. The molecule has 0 atom stereocenters. The molecule has 0 aliphatic rings. The van der Waals surface area contributed by atoms with Crippen molar-refractivity contribution in [2.75, 3.05) is 21.3 Å². The van der Waals surface area contributed by atoms with E-state index in [4.69, 9.17) is 20.9 Å². The van der Waals surface area contributed by atoms with Gasteiger partial charge in [-0.2, -0.15) is 0 Å². The maximum Gasteiger partial charge on any atom is 0.277 e. The van der Waals surface area contributed by atoms with Crippen molar-refractivity contribution in [2.45, 2.75) is 4.90 Å². The third-order valence-electron chi connectivity index (χ3n) is 2.20. The van der Waals surface area contributed by atoms with E-state index in [1.165, 1.54) is 33.4 Å². The number of benzene rings is 1. The quantitative estimate of drug-likeness (QED) is 0.776. The first-order chi connectivity index (χ1) is 7.88. The molecular weight excluding hydrogens is 281 g/mol. The third kappa shape index (κ3) is 2.93. The summed E-state index contributed by atoms with van der Waals surface area (Å²) in [5.74, 6) is 0. The summed E-state index contributed by atoms with van der Waals surface area (Å²) in [6.07, 6.45) is 0. The fraction of sp³-hybridized carbons (Fsp3) is 0.333. The Morgan fingerprint density at radius 1 is 1.18 bits per heavy atom. The number of rotatable bonds is 5. The van der Waals surface area contributed by atoms with Crippen LogP contribution in [0.15, 0.2) is 35.2 Å². The molecule has 1 rings (SSSR count). The van der Waals surface area contributed by atoms with Crippen LogP contribution in [0.5, 0.6) is 0 Å². The highest BCUT2D eigenvalue weighted by atomic mass is 32.5. The predicted octanol–water partition coefficient (Wildman–Crippen LogP) is 1.82. The van der Waals surface area contributed by atoms with Crippen LogP contribution in [0.1, 0.15) is 0 Å². The van der Waals surface area contributed by atoms with Gasteiger partial charge in [0.1, 0.15) is 0 Å². The van der Waals surface area contributed by atoms with Crippen molar-refractivity contribution >= 4 is 28.5 Å². The Hall–Kier alpha value is -0.300. The van der Waals surface area contributed by atoms with Crippen LogP contribution in [0.3, 0.4) is 0 Å². The molecule has 0 aliphatic carbocycles. The van der Waals surface area contributed by atoms with Crippen LogP contribution in [0.25, 0.3) is 0 Å². The molecule has 0 heterocycles. The van der Waals surface area contributed by atoms with Crippen molar-refractivity contribution in [1.82, 2.24) is 4.08 Å². The highest BCUT2D eigenvalue weighted by Crippen LogP contribution is 2.52. The Kier molecular flexibility index (Phi) is 4.83. The molecule has 0 saturated carbocycles. The number of nitrogens with zero attached hydrogens (tertiary/aromatic N) is 1. The summed E-state index contributed by atoms with van der Waals surface area (Å²) in [5.41, 5.74) is 0. The van der Waals surface area contributed by atoms with Crippen LogP contribution < -0.4 is 0 Å². The first-order valence-corrected chi connectivity index (χ1v) is 8.67. The Balaban J connectivity index is 3.21. The molecule has 0 aliphatic heterocycles. The highest BCUT2D eigenvalue weighted by Gasteiger charge is 2.34. The third-order valence-corrected chi connectivity index (χ3v) is 8.60. The zero-order chi connectivity index (χ0) is 13.1. The van der Waals surface area contributed by atoms with Crippen molar-refractivity contribution in [1.29, 1.82) is 0 Å². The molecule has 0 amide bonds. The molecule has 0 aromatic heterocycles. The zero-order valence-corrected chi connectivity index (χ0v) is 12.3. The summed E-state index contributed by atoms with van der Waals surface area (Å²) in [4.78, 5) is 0.158. The van der Waals surface area contributed by atoms with Crippen molar-refractivity contribution in [3.63, 3.8) is 0 Å². The van der Waals surface area contributed by atoms with Gasteiger partial charge in [-0.05, 0) is 23.9 Å². The molecule has 0 N–H and O–H groups in total. The lowest BCUT2D eigenvalue weighted by molar-refractivity contribution is 0.308. The molecule has 0 bridgehead atoms. The molecule has 0 fully saturated rings. The summed E-state index contributed by atoms with van der Waals surface area (Å²) in [7, 11) is 0.334. The summed E-state index contributed by atoms with van der Waals surface area (Å²) in [6.45, 7) is -2.98. The monoisotopic (exact) mass is 295 g/mol. The van der Waals surface area contributed by atoms with E-state index < -0.39 is 16.7 Å². The van der Waals surface area contributed by atoms with Gasteiger partial charge in [0, 0.05) is 21.3 Å².